The number of fused-ring (bicyclic) bond motifs is 2. The second-order valence-corrected chi connectivity index (χ2v) is 9.90. The SMILES string of the molecule is COc1cc(NC(C)=O)c(Cl)cc1NC(=O)C1CC2CCC(C1)N2Cc1ccc(Cl)c(Cl)c1. The van der Waals surface area contributed by atoms with Crippen LogP contribution in [0.5, 0.6) is 5.75 Å². The standard InChI is InChI=1S/C24H26Cl3N3O3/c1-13(31)28-21-11-23(33-2)22(10-20(21)27)29-24(32)15-8-16-4-5-17(9-15)30(16)12-14-3-6-18(25)19(26)7-14/h3,6-7,10-11,15-17H,4-5,8-9,12H2,1-2H3,(H,28,31)(H,29,32). The van der Waals surface area contributed by atoms with E-state index in [1.54, 1.807) is 12.1 Å². The third kappa shape index (κ3) is 5.40. The van der Waals surface area contributed by atoms with Crippen molar-refractivity contribution in [3.8, 4) is 5.75 Å². The highest BCUT2D eigenvalue weighted by Crippen LogP contribution is 2.41. The highest BCUT2D eigenvalue weighted by Gasteiger charge is 2.42. The first kappa shape index (κ1) is 24.1. The second kappa shape index (κ2) is 10.1. The highest BCUT2D eigenvalue weighted by molar-refractivity contribution is 6.42. The van der Waals surface area contributed by atoms with E-state index in [9.17, 15) is 9.59 Å². The van der Waals surface area contributed by atoms with Crippen molar-refractivity contribution in [1.82, 2.24) is 4.90 Å². The normalized spacial score (nSPS) is 22.2. The lowest BCUT2D eigenvalue weighted by atomic mass is 9.89. The predicted octanol–water partition coefficient (Wildman–Crippen LogP) is 6.00. The van der Waals surface area contributed by atoms with Crippen LogP contribution >= 0.6 is 34.8 Å². The first-order valence-electron chi connectivity index (χ1n) is 10.9. The Balaban J connectivity index is 1.43. The second-order valence-electron chi connectivity index (χ2n) is 8.68. The fraction of sp³-hybridized carbons (Fsp3) is 0.417. The topological polar surface area (TPSA) is 70.7 Å². The minimum absolute atomic E-state index is 0.0391. The van der Waals surface area contributed by atoms with Crippen LogP contribution in [-0.2, 0) is 16.1 Å². The molecule has 2 aromatic rings. The third-order valence-electron chi connectivity index (χ3n) is 6.46. The molecule has 4 rings (SSSR count). The monoisotopic (exact) mass is 509 g/mol. The zero-order chi connectivity index (χ0) is 23.7. The number of methoxy groups -OCH3 is 1. The lowest BCUT2D eigenvalue weighted by molar-refractivity contribution is -0.122. The van der Waals surface area contributed by atoms with Crippen LogP contribution in [0.25, 0.3) is 0 Å². The van der Waals surface area contributed by atoms with Gasteiger partial charge in [-0.3, -0.25) is 14.5 Å². The van der Waals surface area contributed by atoms with Gasteiger partial charge in [0.1, 0.15) is 5.75 Å². The van der Waals surface area contributed by atoms with Gasteiger partial charge in [0.15, 0.2) is 0 Å². The number of hydrogen-bond acceptors (Lipinski definition) is 4. The molecule has 2 unspecified atom stereocenters. The van der Waals surface area contributed by atoms with Crippen molar-refractivity contribution in [1.29, 1.82) is 0 Å². The Kier molecular flexibility index (Phi) is 7.39. The van der Waals surface area contributed by atoms with E-state index in [0.29, 0.717) is 44.3 Å². The molecule has 2 fully saturated rings. The van der Waals surface area contributed by atoms with Crippen molar-refractivity contribution in [2.45, 2.75) is 51.2 Å². The van der Waals surface area contributed by atoms with Gasteiger partial charge in [0.05, 0.1) is 33.6 Å². The van der Waals surface area contributed by atoms with Crippen LogP contribution in [0.3, 0.4) is 0 Å². The zero-order valence-electron chi connectivity index (χ0n) is 18.5. The summed E-state index contributed by atoms with van der Waals surface area (Å²) in [6, 6.07) is 9.68. The maximum Gasteiger partial charge on any atom is 0.227 e. The van der Waals surface area contributed by atoms with Gasteiger partial charge in [0, 0.05) is 37.5 Å². The summed E-state index contributed by atoms with van der Waals surface area (Å²) in [6.07, 6.45) is 3.75. The van der Waals surface area contributed by atoms with E-state index in [-0.39, 0.29) is 17.7 Å². The van der Waals surface area contributed by atoms with Crippen LogP contribution < -0.4 is 15.4 Å². The summed E-state index contributed by atoms with van der Waals surface area (Å²) in [5.74, 6) is 0.0733. The Hall–Kier alpha value is -1.99. The van der Waals surface area contributed by atoms with Crippen molar-refractivity contribution in [3.05, 3.63) is 51.0 Å². The van der Waals surface area contributed by atoms with Gasteiger partial charge in [-0.05, 0) is 49.4 Å². The van der Waals surface area contributed by atoms with Gasteiger partial charge < -0.3 is 15.4 Å². The number of carbonyl (C=O) groups is 2. The summed E-state index contributed by atoms with van der Waals surface area (Å²) in [5, 5.41) is 7.10. The fourth-order valence-electron chi connectivity index (χ4n) is 4.94. The number of hydrogen-bond donors (Lipinski definition) is 2. The van der Waals surface area contributed by atoms with Crippen molar-refractivity contribution in [3.63, 3.8) is 0 Å². The molecule has 9 heteroatoms. The number of piperidine rings is 1. The van der Waals surface area contributed by atoms with Gasteiger partial charge in [0.2, 0.25) is 11.8 Å². The van der Waals surface area contributed by atoms with E-state index in [4.69, 9.17) is 39.5 Å². The zero-order valence-corrected chi connectivity index (χ0v) is 20.7. The molecule has 2 saturated heterocycles. The summed E-state index contributed by atoms with van der Waals surface area (Å²) in [6.45, 7) is 2.20. The summed E-state index contributed by atoms with van der Waals surface area (Å²) in [4.78, 5) is 27.0. The van der Waals surface area contributed by atoms with Crippen LogP contribution in [0.4, 0.5) is 11.4 Å². The third-order valence-corrected chi connectivity index (χ3v) is 7.51. The Morgan fingerprint density at radius 1 is 0.970 bits per heavy atom. The molecule has 33 heavy (non-hydrogen) atoms. The molecule has 6 nitrogen and oxygen atoms in total. The van der Waals surface area contributed by atoms with Crippen molar-refractivity contribution >= 4 is 58.0 Å². The molecule has 2 N–H and O–H groups in total. The van der Waals surface area contributed by atoms with Crippen LogP contribution in [0.2, 0.25) is 15.1 Å². The molecular weight excluding hydrogens is 485 g/mol. The number of benzene rings is 2. The van der Waals surface area contributed by atoms with Crippen LogP contribution in [0.1, 0.15) is 38.2 Å². The first-order chi connectivity index (χ1) is 15.7. The van der Waals surface area contributed by atoms with Gasteiger partial charge >= 0.3 is 0 Å². The minimum Gasteiger partial charge on any atom is -0.494 e. The largest absolute Gasteiger partial charge is 0.494 e. The first-order valence-corrected chi connectivity index (χ1v) is 12.0. The number of rotatable bonds is 6. The molecule has 176 valence electrons. The Morgan fingerprint density at radius 2 is 1.67 bits per heavy atom. The summed E-state index contributed by atoms with van der Waals surface area (Å²) in [5.41, 5.74) is 2.06. The van der Waals surface area contributed by atoms with Crippen LogP contribution in [0.15, 0.2) is 30.3 Å². The van der Waals surface area contributed by atoms with Crippen molar-refractivity contribution in [2.75, 3.05) is 17.7 Å². The number of anilines is 2. The molecule has 0 spiro atoms. The predicted molar refractivity (Wildman–Crippen MR) is 132 cm³/mol. The van der Waals surface area contributed by atoms with E-state index in [0.717, 1.165) is 37.8 Å². The number of halogens is 3. The van der Waals surface area contributed by atoms with Gasteiger partial charge in [-0.15, -0.1) is 0 Å². The lowest BCUT2D eigenvalue weighted by Gasteiger charge is -2.38. The smallest absolute Gasteiger partial charge is 0.227 e. The van der Waals surface area contributed by atoms with Crippen molar-refractivity contribution < 1.29 is 14.3 Å². The summed E-state index contributed by atoms with van der Waals surface area (Å²) in [7, 11) is 1.51. The maximum atomic E-state index is 13.1. The molecule has 2 aliphatic rings. The Labute approximate surface area is 208 Å². The Bertz CT molecular complexity index is 1060. The Morgan fingerprint density at radius 3 is 2.27 bits per heavy atom. The molecule has 0 radical (unpaired) electrons. The van der Waals surface area contributed by atoms with Crippen LogP contribution in [0, 0.1) is 5.92 Å². The molecule has 2 aromatic carbocycles. The van der Waals surface area contributed by atoms with Gasteiger partial charge in [0.25, 0.3) is 0 Å². The number of nitrogens with zero attached hydrogens (tertiary/aromatic N) is 1. The average Bonchev–Trinajstić information content (AvgIpc) is 2.99. The molecular formula is C24H26Cl3N3O3. The summed E-state index contributed by atoms with van der Waals surface area (Å²) < 4.78 is 5.41. The number of carbonyl (C=O) groups excluding carboxylic acids is 2. The van der Waals surface area contributed by atoms with Gasteiger partial charge in [-0.2, -0.15) is 0 Å². The molecule has 2 bridgehead atoms. The number of nitrogens with one attached hydrogen (secondary N) is 2. The molecule has 2 aliphatic heterocycles. The average molecular weight is 511 g/mol. The molecule has 2 amide bonds. The summed E-state index contributed by atoms with van der Waals surface area (Å²) >= 11 is 18.5. The fourth-order valence-corrected chi connectivity index (χ4v) is 5.47. The lowest BCUT2D eigenvalue weighted by Crippen LogP contribution is -2.45. The quantitative estimate of drug-likeness (QED) is 0.500. The van der Waals surface area contributed by atoms with E-state index in [2.05, 4.69) is 15.5 Å². The molecule has 0 aromatic heterocycles. The number of amides is 2. The van der Waals surface area contributed by atoms with E-state index in [1.807, 2.05) is 18.2 Å². The molecule has 2 atom stereocenters. The minimum atomic E-state index is -0.237. The van der Waals surface area contributed by atoms with E-state index < -0.39 is 0 Å². The molecule has 2 heterocycles. The molecule has 0 saturated carbocycles. The van der Waals surface area contributed by atoms with E-state index >= 15 is 0 Å². The van der Waals surface area contributed by atoms with Gasteiger partial charge in [-0.25, -0.2) is 0 Å². The van der Waals surface area contributed by atoms with Gasteiger partial charge in [-0.1, -0.05) is 40.9 Å². The maximum absolute atomic E-state index is 13.1. The molecule has 0 aliphatic carbocycles. The van der Waals surface area contributed by atoms with Crippen molar-refractivity contribution in [2.24, 2.45) is 5.92 Å². The van der Waals surface area contributed by atoms with Crippen LogP contribution in [-0.4, -0.2) is 35.9 Å². The number of ether oxygens (including phenoxy) is 1. The highest BCUT2D eigenvalue weighted by atomic mass is 35.5. The van der Waals surface area contributed by atoms with E-state index in [1.165, 1.54) is 14.0 Å².